The Morgan fingerprint density at radius 2 is 2.05 bits per heavy atom. The van der Waals surface area contributed by atoms with E-state index in [-0.39, 0.29) is 5.91 Å². The molecule has 4 heteroatoms. The molecule has 108 valence electrons. The quantitative estimate of drug-likeness (QED) is 0.781. The third kappa shape index (κ3) is 3.42. The van der Waals surface area contributed by atoms with Gasteiger partial charge in [0.15, 0.2) is 0 Å². The lowest BCUT2D eigenvalue weighted by atomic mass is 10.0. The second-order valence-electron chi connectivity index (χ2n) is 5.02. The van der Waals surface area contributed by atoms with Crippen molar-refractivity contribution in [3.05, 3.63) is 59.1 Å². The number of nitrogens with zero attached hydrogens (tertiary/aromatic N) is 1. The first kappa shape index (κ1) is 14.5. The molecule has 3 rings (SSSR count). The molecule has 1 heterocycles. The molecule has 1 amide bonds. The van der Waals surface area contributed by atoms with Gasteiger partial charge in [-0.05, 0) is 42.7 Å². The number of hydrogen-bond acceptors (Lipinski definition) is 2. The highest BCUT2D eigenvalue weighted by Gasteiger charge is 2.21. The zero-order valence-corrected chi connectivity index (χ0v) is 13.2. The van der Waals surface area contributed by atoms with E-state index in [0.29, 0.717) is 10.8 Å². The van der Waals surface area contributed by atoms with E-state index < -0.39 is 0 Å². The van der Waals surface area contributed by atoms with Crippen LogP contribution in [-0.4, -0.2) is 18.2 Å². The molecule has 0 bridgehead atoms. The van der Waals surface area contributed by atoms with Crippen LogP contribution in [0.4, 0.5) is 5.69 Å². The number of carbonyl (C=O) groups is 1. The lowest BCUT2D eigenvalue weighted by Crippen LogP contribution is -2.36. The summed E-state index contributed by atoms with van der Waals surface area (Å²) < 4.78 is 0. The molecule has 0 saturated carbocycles. The molecule has 2 aromatic carbocycles. The summed E-state index contributed by atoms with van der Waals surface area (Å²) in [6, 6.07) is 15.8. The van der Waals surface area contributed by atoms with Gasteiger partial charge in [-0.2, -0.15) is 0 Å². The van der Waals surface area contributed by atoms with Crippen molar-refractivity contribution < 1.29 is 4.79 Å². The van der Waals surface area contributed by atoms with Crippen molar-refractivity contribution >= 4 is 35.0 Å². The number of fused-ring (bicyclic) bond motifs is 1. The number of para-hydroxylation sites is 1. The summed E-state index contributed by atoms with van der Waals surface area (Å²) in [7, 11) is 0. The van der Waals surface area contributed by atoms with Crippen molar-refractivity contribution in [2.75, 3.05) is 17.2 Å². The Balaban J connectivity index is 1.69. The van der Waals surface area contributed by atoms with Crippen molar-refractivity contribution in [3.63, 3.8) is 0 Å². The Labute approximate surface area is 134 Å². The summed E-state index contributed by atoms with van der Waals surface area (Å²) in [5.41, 5.74) is 2.34. The SMILES string of the molecule is O=C(CSc1cccc(Cl)c1)N1CCCc2ccccc21. The number of hydrogen-bond donors (Lipinski definition) is 0. The molecule has 0 unspecified atom stereocenters. The molecular formula is C17H16ClNOS. The molecule has 0 atom stereocenters. The number of anilines is 1. The third-order valence-corrected chi connectivity index (χ3v) is 4.78. The minimum Gasteiger partial charge on any atom is -0.311 e. The van der Waals surface area contributed by atoms with Gasteiger partial charge in [0.1, 0.15) is 0 Å². The molecule has 0 aromatic heterocycles. The van der Waals surface area contributed by atoms with Crippen LogP contribution in [-0.2, 0) is 11.2 Å². The first-order chi connectivity index (χ1) is 10.2. The van der Waals surface area contributed by atoms with Gasteiger partial charge in [-0.3, -0.25) is 4.79 Å². The number of aryl methyl sites for hydroxylation is 1. The van der Waals surface area contributed by atoms with Gasteiger partial charge in [0.2, 0.25) is 5.91 Å². The van der Waals surface area contributed by atoms with Crippen LogP contribution in [0.3, 0.4) is 0 Å². The highest BCUT2D eigenvalue weighted by atomic mass is 35.5. The predicted molar refractivity (Wildman–Crippen MR) is 89.3 cm³/mol. The van der Waals surface area contributed by atoms with Gasteiger partial charge in [-0.15, -0.1) is 11.8 Å². The van der Waals surface area contributed by atoms with E-state index >= 15 is 0 Å². The summed E-state index contributed by atoms with van der Waals surface area (Å²) >= 11 is 7.50. The standard InChI is InChI=1S/C17H16ClNOS/c18-14-7-3-8-15(11-14)21-12-17(20)19-10-4-6-13-5-1-2-9-16(13)19/h1-3,5,7-9,11H,4,6,10,12H2. The number of halogens is 1. The van der Waals surface area contributed by atoms with E-state index in [1.165, 1.54) is 17.3 Å². The average Bonchev–Trinajstić information content (AvgIpc) is 2.52. The zero-order chi connectivity index (χ0) is 14.7. The molecule has 0 aliphatic carbocycles. The number of benzene rings is 2. The molecule has 2 aromatic rings. The van der Waals surface area contributed by atoms with Gasteiger partial charge in [0.05, 0.1) is 5.75 Å². The minimum absolute atomic E-state index is 0.159. The van der Waals surface area contributed by atoms with E-state index in [1.807, 2.05) is 47.4 Å². The average molecular weight is 318 g/mol. The Bertz CT molecular complexity index is 659. The van der Waals surface area contributed by atoms with Crippen molar-refractivity contribution in [1.82, 2.24) is 0 Å². The molecule has 21 heavy (non-hydrogen) atoms. The summed E-state index contributed by atoms with van der Waals surface area (Å²) in [6.07, 6.45) is 2.09. The molecule has 0 saturated heterocycles. The number of amides is 1. The van der Waals surface area contributed by atoms with Crippen molar-refractivity contribution in [2.45, 2.75) is 17.7 Å². The van der Waals surface area contributed by atoms with E-state index in [2.05, 4.69) is 6.07 Å². The fraction of sp³-hybridized carbons (Fsp3) is 0.235. The van der Waals surface area contributed by atoms with Crippen molar-refractivity contribution in [3.8, 4) is 0 Å². The summed E-state index contributed by atoms with van der Waals surface area (Å²) in [5, 5.41) is 0.704. The van der Waals surface area contributed by atoms with Gasteiger partial charge in [-0.1, -0.05) is 35.9 Å². The lowest BCUT2D eigenvalue weighted by Gasteiger charge is -2.29. The second kappa shape index (κ2) is 6.54. The molecular weight excluding hydrogens is 302 g/mol. The van der Waals surface area contributed by atoms with Crippen LogP contribution in [0.1, 0.15) is 12.0 Å². The Morgan fingerprint density at radius 3 is 2.90 bits per heavy atom. The summed E-state index contributed by atoms with van der Waals surface area (Å²) in [5.74, 6) is 0.599. The van der Waals surface area contributed by atoms with Gasteiger partial charge in [0, 0.05) is 22.2 Å². The summed E-state index contributed by atoms with van der Waals surface area (Å²) in [6.45, 7) is 0.811. The smallest absolute Gasteiger partial charge is 0.237 e. The van der Waals surface area contributed by atoms with Crippen LogP contribution in [0.25, 0.3) is 0 Å². The molecule has 1 aliphatic rings. The predicted octanol–water partition coefficient (Wildman–Crippen LogP) is 4.41. The topological polar surface area (TPSA) is 20.3 Å². The highest BCUT2D eigenvalue weighted by molar-refractivity contribution is 8.00. The van der Waals surface area contributed by atoms with Gasteiger partial charge < -0.3 is 4.90 Å². The lowest BCUT2D eigenvalue weighted by molar-refractivity contribution is -0.116. The third-order valence-electron chi connectivity index (χ3n) is 3.57. The Kier molecular flexibility index (Phi) is 4.51. The number of rotatable bonds is 3. The molecule has 0 fully saturated rings. The van der Waals surface area contributed by atoms with Gasteiger partial charge in [0.25, 0.3) is 0 Å². The first-order valence-electron chi connectivity index (χ1n) is 7.01. The molecule has 0 spiro atoms. The second-order valence-corrected chi connectivity index (χ2v) is 6.51. The van der Waals surface area contributed by atoms with Crippen LogP contribution < -0.4 is 4.90 Å². The van der Waals surface area contributed by atoms with Gasteiger partial charge in [-0.25, -0.2) is 0 Å². The fourth-order valence-corrected chi connectivity index (χ4v) is 3.66. The minimum atomic E-state index is 0.159. The Morgan fingerprint density at radius 1 is 1.19 bits per heavy atom. The number of thioether (sulfide) groups is 1. The first-order valence-corrected chi connectivity index (χ1v) is 8.37. The molecule has 2 nitrogen and oxygen atoms in total. The van der Waals surface area contributed by atoms with E-state index in [1.54, 1.807) is 0 Å². The molecule has 0 radical (unpaired) electrons. The van der Waals surface area contributed by atoms with E-state index in [0.717, 1.165) is 30.0 Å². The zero-order valence-electron chi connectivity index (χ0n) is 11.6. The normalized spacial score (nSPS) is 13.9. The highest BCUT2D eigenvalue weighted by Crippen LogP contribution is 2.28. The maximum Gasteiger partial charge on any atom is 0.237 e. The van der Waals surface area contributed by atoms with Crippen LogP contribution in [0.2, 0.25) is 5.02 Å². The maximum atomic E-state index is 12.5. The van der Waals surface area contributed by atoms with Crippen LogP contribution in [0, 0.1) is 0 Å². The van der Waals surface area contributed by atoms with Crippen molar-refractivity contribution in [2.24, 2.45) is 0 Å². The maximum absolute atomic E-state index is 12.5. The van der Waals surface area contributed by atoms with E-state index in [4.69, 9.17) is 11.6 Å². The molecule has 0 N–H and O–H groups in total. The molecule has 1 aliphatic heterocycles. The van der Waals surface area contributed by atoms with Crippen LogP contribution >= 0.6 is 23.4 Å². The van der Waals surface area contributed by atoms with Gasteiger partial charge >= 0.3 is 0 Å². The largest absolute Gasteiger partial charge is 0.311 e. The van der Waals surface area contributed by atoms with Crippen LogP contribution in [0.5, 0.6) is 0 Å². The summed E-state index contributed by atoms with van der Waals surface area (Å²) in [4.78, 5) is 15.4. The number of carbonyl (C=O) groups excluding carboxylic acids is 1. The Hall–Kier alpha value is -1.45. The monoisotopic (exact) mass is 317 g/mol. The van der Waals surface area contributed by atoms with Crippen LogP contribution in [0.15, 0.2) is 53.4 Å². The van der Waals surface area contributed by atoms with Crippen molar-refractivity contribution in [1.29, 1.82) is 0 Å². The fourth-order valence-electron chi connectivity index (χ4n) is 2.57. The van der Waals surface area contributed by atoms with E-state index in [9.17, 15) is 4.79 Å².